The van der Waals surface area contributed by atoms with Gasteiger partial charge < -0.3 is 23.8 Å². The highest BCUT2D eigenvalue weighted by molar-refractivity contribution is 5.72. The predicted molar refractivity (Wildman–Crippen MR) is 253 cm³/mol. The normalized spacial score (nSPS) is 12.5. The SMILES string of the molecule is CCCCCCCCC(CCCCCCCC)OC(=O)CCCCCCC(=O)OCC(CN(C)C)OC(=O)CCCCCOC(=O)C(CCCCCC)CCCCCCCC. The number of ether oxygens (including phenoxy) is 4. The van der Waals surface area contributed by atoms with E-state index in [2.05, 4.69) is 27.7 Å². The summed E-state index contributed by atoms with van der Waals surface area (Å²) in [4.78, 5) is 52.8. The maximum absolute atomic E-state index is 12.9. The second-order valence-corrected chi connectivity index (χ2v) is 18.3. The van der Waals surface area contributed by atoms with Crippen LogP contribution < -0.4 is 0 Å². The van der Waals surface area contributed by atoms with E-state index in [1.807, 2.05) is 19.0 Å². The maximum atomic E-state index is 12.9. The van der Waals surface area contributed by atoms with Gasteiger partial charge in [0.1, 0.15) is 18.8 Å². The van der Waals surface area contributed by atoms with Crippen LogP contribution in [-0.2, 0) is 38.1 Å². The molecule has 0 saturated heterocycles. The Labute approximate surface area is 376 Å². The molecule has 0 spiro atoms. The van der Waals surface area contributed by atoms with Gasteiger partial charge >= 0.3 is 23.9 Å². The van der Waals surface area contributed by atoms with Crippen LogP contribution in [0.5, 0.6) is 0 Å². The molecule has 9 heteroatoms. The van der Waals surface area contributed by atoms with Crippen molar-refractivity contribution in [2.45, 2.75) is 271 Å². The zero-order chi connectivity index (χ0) is 45.0. The van der Waals surface area contributed by atoms with Gasteiger partial charge in [0.15, 0.2) is 0 Å². The highest BCUT2D eigenvalue weighted by Crippen LogP contribution is 2.22. The molecular formula is C52H99NO8. The van der Waals surface area contributed by atoms with E-state index in [9.17, 15) is 19.2 Å². The van der Waals surface area contributed by atoms with Gasteiger partial charge in [0.2, 0.25) is 0 Å². The second kappa shape index (κ2) is 44.4. The zero-order valence-corrected chi connectivity index (χ0v) is 41.0. The number of hydrogen-bond acceptors (Lipinski definition) is 9. The summed E-state index contributed by atoms with van der Waals surface area (Å²) in [5, 5.41) is 0. The topological polar surface area (TPSA) is 108 Å². The number of esters is 4. The average Bonchev–Trinajstić information content (AvgIpc) is 3.23. The first-order chi connectivity index (χ1) is 29.7. The van der Waals surface area contributed by atoms with Crippen molar-refractivity contribution in [3.05, 3.63) is 0 Å². The van der Waals surface area contributed by atoms with E-state index >= 15 is 0 Å². The Morgan fingerprint density at radius 1 is 0.393 bits per heavy atom. The van der Waals surface area contributed by atoms with E-state index < -0.39 is 6.10 Å². The second-order valence-electron chi connectivity index (χ2n) is 18.3. The summed E-state index contributed by atoms with van der Waals surface area (Å²) in [5.41, 5.74) is 0. The summed E-state index contributed by atoms with van der Waals surface area (Å²) < 4.78 is 22.9. The summed E-state index contributed by atoms with van der Waals surface area (Å²) in [6, 6.07) is 0. The minimum atomic E-state index is -0.537. The summed E-state index contributed by atoms with van der Waals surface area (Å²) in [5.74, 6) is -0.736. The molecule has 0 aliphatic rings. The van der Waals surface area contributed by atoms with Crippen molar-refractivity contribution < 1.29 is 38.1 Å². The summed E-state index contributed by atoms with van der Waals surface area (Å²) in [6.45, 7) is 9.80. The number of carbonyl (C=O) groups excluding carboxylic acids is 4. The van der Waals surface area contributed by atoms with Crippen molar-refractivity contribution >= 4 is 23.9 Å². The van der Waals surface area contributed by atoms with Crippen LogP contribution in [0.1, 0.15) is 259 Å². The summed E-state index contributed by atoms with van der Waals surface area (Å²) in [7, 11) is 3.79. The summed E-state index contributed by atoms with van der Waals surface area (Å²) >= 11 is 0. The molecule has 9 nitrogen and oxygen atoms in total. The minimum Gasteiger partial charge on any atom is -0.465 e. The first-order valence-electron chi connectivity index (χ1n) is 26.0. The van der Waals surface area contributed by atoms with E-state index in [4.69, 9.17) is 18.9 Å². The lowest BCUT2D eigenvalue weighted by molar-refractivity contribution is -0.160. The average molecular weight is 866 g/mol. The van der Waals surface area contributed by atoms with Gasteiger partial charge in [-0.25, -0.2) is 0 Å². The van der Waals surface area contributed by atoms with Crippen molar-refractivity contribution in [2.75, 3.05) is 33.9 Å². The molecule has 61 heavy (non-hydrogen) atoms. The number of likely N-dealkylation sites (N-methyl/N-ethyl adjacent to an activating group) is 1. The Morgan fingerprint density at radius 2 is 0.754 bits per heavy atom. The third kappa shape index (κ3) is 40.4. The molecule has 360 valence electrons. The van der Waals surface area contributed by atoms with E-state index in [0.29, 0.717) is 38.8 Å². The van der Waals surface area contributed by atoms with Gasteiger partial charge in [-0.05, 0) is 84.7 Å². The molecule has 0 rings (SSSR count). The van der Waals surface area contributed by atoms with Crippen molar-refractivity contribution in [2.24, 2.45) is 5.92 Å². The molecule has 0 N–H and O–H groups in total. The smallest absolute Gasteiger partial charge is 0.308 e. The molecule has 0 aromatic rings. The molecule has 0 fully saturated rings. The molecule has 0 bridgehead atoms. The fourth-order valence-electron chi connectivity index (χ4n) is 7.95. The van der Waals surface area contributed by atoms with Gasteiger partial charge in [0.25, 0.3) is 0 Å². The molecule has 0 radical (unpaired) electrons. The fourth-order valence-corrected chi connectivity index (χ4v) is 7.95. The molecule has 0 aromatic heterocycles. The lowest BCUT2D eigenvalue weighted by Crippen LogP contribution is -2.34. The van der Waals surface area contributed by atoms with Gasteiger partial charge in [-0.1, -0.05) is 169 Å². The monoisotopic (exact) mass is 866 g/mol. The molecular weight excluding hydrogens is 767 g/mol. The van der Waals surface area contributed by atoms with E-state index in [0.717, 1.165) is 83.5 Å². The van der Waals surface area contributed by atoms with Crippen molar-refractivity contribution in [3.63, 3.8) is 0 Å². The van der Waals surface area contributed by atoms with Gasteiger partial charge in [0, 0.05) is 25.8 Å². The van der Waals surface area contributed by atoms with Crippen LogP contribution in [0.2, 0.25) is 0 Å². The van der Waals surface area contributed by atoms with Gasteiger partial charge in [-0.3, -0.25) is 19.2 Å². The first-order valence-corrected chi connectivity index (χ1v) is 26.0. The molecule has 0 saturated carbocycles. The Morgan fingerprint density at radius 3 is 1.21 bits per heavy atom. The van der Waals surface area contributed by atoms with E-state index in [1.165, 1.54) is 116 Å². The van der Waals surface area contributed by atoms with Crippen molar-refractivity contribution in [1.82, 2.24) is 4.90 Å². The number of nitrogens with zero attached hydrogens (tertiary/aromatic N) is 1. The molecule has 2 atom stereocenters. The highest BCUT2D eigenvalue weighted by Gasteiger charge is 2.21. The third-order valence-electron chi connectivity index (χ3n) is 11.8. The van der Waals surface area contributed by atoms with Crippen LogP contribution in [0, 0.1) is 5.92 Å². The van der Waals surface area contributed by atoms with Crippen LogP contribution in [0.15, 0.2) is 0 Å². The maximum Gasteiger partial charge on any atom is 0.308 e. The van der Waals surface area contributed by atoms with E-state index in [1.54, 1.807) is 0 Å². The molecule has 0 heterocycles. The van der Waals surface area contributed by atoms with Gasteiger partial charge in [-0.2, -0.15) is 0 Å². The van der Waals surface area contributed by atoms with E-state index in [-0.39, 0.29) is 48.9 Å². The lowest BCUT2D eigenvalue weighted by atomic mass is 9.94. The Balaban J connectivity index is 4.40. The predicted octanol–water partition coefficient (Wildman–Crippen LogP) is 14.2. The quantitative estimate of drug-likeness (QED) is 0.0336. The van der Waals surface area contributed by atoms with Gasteiger partial charge in [-0.15, -0.1) is 0 Å². The van der Waals surface area contributed by atoms with Crippen LogP contribution in [0.25, 0.3) is 0 Å². The molecule has 0 aliphatic carbocycles. The third-order valence-corrected chi connectivity index (χ3v) is 11.8. The Bertz CT molecular complexity index is 1000. The Hall–Kier alpha value is -2.16. The molecule has 2 unspecified atom stereocenters. The highest BCUT2D eigenvalue weighted by atomic mass is 16.6. The number of carbonyl (C=O) groups is 4. The Kier molecular flexibility index (Phi) is 42.9. The standard InChI is InChI=1S/C52H99NO8/c1-7-11-15-19-22-29-37-46(36-28-18-14-10-4)52(57)58-43-35-27-34-42-51(56)61-48(44-53(5)6)45-59-49(54)40-32-25-26-33-41-50(55)60-47(38-30-23-20-16-12-8-2)39-31-24-21-17-13-9-3/h46-48H,7-45H2,1-6H3. The fraction of sp³-hybridized carbons (Fsp3) is 0.923. The van der Waals surface area contributed by atoms with Crippen LogP contribution >= 0.6 is 0 Å². The van der Waals surface area contributed by atoms with Crippen LogP contribution in [-0.4, -0.2) is 74.8 Å². The van der Waals surface area contributed by atoms with Gasteiger partial charge in [0.05, 0.1) is 12.5 Å². The first kappa shape index (κ1) is 58.8. The van der Waals surface area contributed by atoms with Crippen molar-refractivity contribution in [1.29, 1.82) is 0 Å². The zero-order valence-electron chi connectivity index (χ0n) is 41.0. The molecule has 0 amide bonds. The minimum absolute atomic E-state index is 0.000113. The largest absolute Gasteiger partial charge is 0.465 e. The lowest BCUT2D eigenvalue weighted by Gasteiger charge is -2.21. The summed E-state index contributed by atoms with van der Waals surface area (Å²) in [6.07, 6.45) is 36.5. The van der Waals surface area contributed by atoms with Crippen molar-refractivity contribution in [3.8, 4) is 0 Å². The number of rotatable bonds is 46. The molecule has 0 aliphatic heterocycles. The number of unbranched alkanes of at least 4 members (excludes halogenated alkanes) is 23. The number of hydrogen-bond donors (Lipinski definition) is 0. The van der Waals surface area contributed by atoms with Crippen LogP contribution in [0.4, 0.5) is 0 Å². The van der Waals surface area contributed by atoms with Crippen LogP contribution in [0.3, 0.4) is 0 Å². The molecule has 0 aromatic carbocycles.